The summed E-state index contributed by atoms with van der Waals surface area (Å²) in [5, 5.41) is 6.63. The monoisotopic (exact) mass is 453 g/mol. The molecule has 7 nitrogen and oxygen atoms in total. The normalized spacial score (nSPS) is 15.8. The number of hydrogen-bond acceptors (Lipinski definition) is 5. The molecule has 0 aromatic heterocycles. The summed E-state index contributed by atoms with van der Waals surface area (Å²) >= 11 is 5.53. The molecule has 1 atom stereocenters. The highest BCUT2D eigenvalue weighted by Crippen LogP contribution is 2.33. The van der Waals surface area contributed by atoms with Crippen LogP contribution in [0.25, 0.3) is 0 Å². The largest absolute Gasteiger partial charge is 0.484 e. The SMILES string of the molecule is CCC1=C(C(=O)OC)C(c2ccc(NC(=O)COc3ccccc3)cc2)NC(=S)N1CC. The van der Waals surface area contributed by atoms with Crippen LogP contribution in [0, 0.1) is 0 Å². The number of ether oxygens (including phenoxy) is 2. The van der Waals surface area contributed by atoms with Gasteiger partial charge in [0.2, 0.25) is 0 Å². The van der Waals surface area contributed by atoms with Crippen molar-refractivity contribution in [2.45, 2.75) is 26.3 Å². The smallest absolute Gasteiger partial charge is 0.337 e. The van der Waals surface area contributed by atoms with Crippen molar-refractivity contribution in [3.63, 3.8) is 0 Å². The molecule has 1 aliphatic rings. The lowest BCUT2D eigenvalue weighted by Gasteiger charge is -2.38. The molecule has 0 aliphatic carbocycles. The van der Waals surface area contributed by atoms with Gasteiger partial charge in [0.15, 0.2) is 11.7 Å². The second-order valence-electron chi connectivity index (χ2n) is 7.10. The molecule has 2 aromatic rings. The number of methoxy groups -OCH3 is 1. The van der Waals surface area contributed by atoms with Crippen LogP contribution in [0.1, 0.15) is 31.9 Å². The molecular formula is C24H27N3O4S. The van der Waals surface area contributed by atoms with Gasteiger partial charge < -0.3 is 25.0 Å². The maximum atomic E-state index is 12.6. The topological polar surface area (TPSA) is 79.9 Å². The lowest BCUT2D eigenvalue weighted by Crippen LogP contribution is -2.48. The van der Waals surface area contributed by atoms with Crippen LogP contribution in [0.2, 0.25) is 0 Å². The van der Waals surface area contributed by atoms with Crippen molar-refractivity contribution in [3.05, 3.63) is 71.4 Å². The zero-order valence-corrected chi connectivity index (χ0v) is 19.2. The van der Waals surface area contributed by atoms with Gasteiger partial charge in [0.1, 0.15) is 5.75 Å². The van der Waals surface area contributed by atoms with E-state index in [0.717, 1.165) is 11.3 Å². The van der Waals surface area contributed by atoms with Crippen molar-refractivity contribution in [3.8, 4) is 5.75 Å². The fourth-order valence-electron chi connectivity index (χ4n) is 3.64. The zero-order valence-electron chi connectivity index (χ0n) is 18.4. The number of anilines is 1. The average molecular weight is 454 g/mol. The molecule has 32 heavy (non-hydrogen) atoms. The molecule has 2 N–H and O–H groups in total. The van der Waals surface area contributed by atoms with Crippen molar-refractivity contribution in [1.82, 2.24) is 10.2 Å². The number of para-hydroxylation sites is 1. The van der Waals surface area contributed by atoms with Crippen LogP contribution in [-0.4, -0.2) is 42.2 Å². The Kier molecular flexibility index (Phi) is 7.83. The highest BCUT2D eigenvalue weighted by Gasteiger charge is 2.34. The quantitative estimate of drug-likeness (QED) is 0.465. The van der Waals surface area contributed by atoms with Crippen molar-refractivity contribution < 1.29 is 19.1 Å². The van der Waals surface area contributed by atoms with Crippen LogP contribution in [0.5, 0.6) is 5.75 Å². The maximum absolute atomic E-state index is 12.6. The molecular weight excluding hydrogens is 426 g/mol. The highest BCUT2D eigenvalue weighted by molar-refractivity contribution is 7.80. The average Bonchev–Trinajstić information content (AvgIpc) is 2.82. The van der Waals surface area contributed by atoms with E-state index < -0.39 is 12.0 Å². The van der Waals surface area contributed by atoms with E-state index in [-0.39, 0.29) is 12.5 Å². The number of hydrogen-bond donors (Lipinski definition) is 2. The zero-order chi connectivity index (χ0) is 23.1. The van der Waals surface area contributed by atoms with Gasteiger partial charge in [-0.15, -0.1) is 0 Å². The summed E-state index contributed by atoms with van der Waals surface area (Å²) in [6.07, 6.45) is 0.645. The molecule has 3 rings (SSSR count). The fourth-order valence-corrected chi connectivity index (χ4v) is 4.00. The minimum atomic E-state index is -0.432. The van der Waals surface area contributed by atoms with E-state index in [4.69, 9.17) is 21.7 Å². The Morgan fingerprint density at radius 3 is 2.38 bits per heavy atom. The summed E-state index contributed by atoms with van der Waals surface area (Å²) in [7, 11) is 1.37. The third kappa shape index (κ3) is 5.26. The van der Waals surface area contributed by atoms with Crippen molar-refractivity contribution in [2.75, 3.05) is 25.6 Å². The van der Waals surface area contributed by atoms with Gasteiger partial charge in [-0.1, -0.05) is 37.3 Å². The first-order valence-corrected chi connectivity index (χ1v) is 10.9. The summed E-state index contributed by atoms with van der Waals surface area (Å²) in [6.45, 7) is 4.53. The maximum Gasteiger partial charge on any atom is 0.337 e. The van der Waals surface area contributed by atoms with Crippen LogP contribution in [0.15, 0.2) is 65.9 Å². The van der Waals surface area contributed by atoms with E-state index in [1.807, 2.05) is 49.1 Å². The Hall–Kier alpha value is -3.39. The molecule has 8 heteroatoms. The molecule has 1 unspecified atom stereocenters. The summed E-state index contributed by atoms with van der Waals surface area (Å²) in [6, 6.07) is 16.0. The number of amides is 1. The molecule has 0 bridgehead atoms. The van der Waals surface area contributed by atoms with Crippen molar-refractivity contribution in [1.29, 1.82) is 0 Å². The summed E-state index contributed by atoms with van der Waals surface area (Å²) in [5.74, 6) is -0.0244. The molecule has 1 aliphatic heterocycles. The van der Waals surface area contributed by atoms with Gasteiger partial charge in [0.25, 0.3) is 5.91 Å². The van der Waals surface area contributed by atoms with Crippen LogP contribution >= 0.6 is 12.2 Å². The van der Waals surface area contributed by atoms with E-state index in [9.17, 15) is 9.59 Å². The van der Waals surface area contributed by atoms with Gasteiger partial charge in [-0.05, 0) is 55.4 Å². The molecule has 0 saturated carbocycles. The number of esters is 1. The number of thiocarbonyl (C=S) groups is 1. The number of rotatable bonds is 8. The molecule has 0 spiro atoms. The Morgan fingerprint density at radius 1 is 1.09 bits per heavy atom. The number of allylic oxidation sites excluding steroid dienone is 1. The molecule has 0 saturated heterocycles. The number of carbonyl (C=O) groups is 2. The first-order valence-electron chi connectivity index (χ1n) is 10.5. The van der Waals surface area contributed by atoms with Gasteiger partial charge in [-0.25, -0.2) is 4.79 Å². The Balaban J connectivity index is 1.75. The molecule has 2 aromatic carbocycles. The second kappa shape index (κ2) is 10.8. The predicted molar refractivity (Wildman–Crippen MR) is 127 cm³/mol. The first kappa shape index (κ1) is 23.3. The van der Waals surface area contributed by atoms with E-state index >= 15 is 0 Å². The first-order chi connectivity index (χ1) is 15.5. The number of nitrogens with zero attached hydrogens (tertiary/aromatic N) is 1. The molecule has 0 fully saturated rings. The lowest BCUT2D eigenvalue weighted by molar-refractivity contribution is -0.136. The van der Waals surface area contributed by atoms with E-state index in [1.165, 1.54) is 7.11 Å². The van der Waals surface area contributed by atoms with Crippen LogP contribution in [-0.2, 0) is 14.3 Å². The van der Waals surface area contributed by atoms with Gasteiger partial charge in [0, 0.05) is 17.9 Å². The number of nitrogens with one attached hydrogen (secondary N) is 2. The minimum absolute atomic E-state index is 0.0911. The summed E-state index contributed by atoms with van der Waals surface area (Å²) in [4.78, 5) is 26.8. The third-order valence-electron chi connectivity index (χ3n) is 5.14. The van der Waals surface area contributed by atoms with E-state index in [2.05, 4.69) is 10.6 Å². The van der Waals surface area contributed by atoms with Crippen LogP contribution in [0.4, 0.5) is 5.69 Å². The van der Waals surface area contributed by atoms with Gasteiger partial charge in [-0.3, -0.25) is 4.79 Å². The Morgan fingerprint density at radius 2 is 1.78 bits per heavy atom. The Labute approximate surface area is 193 Å². The number of carbonyl (C=O) groups excluding carboxylic acids is 2. The molecule has 0 radical (unpaired) electrons. The summed E-state index contributed by atoms with van der Waals surface area (Å²) < 4.78 is 10.5. The second-order valence-corrected chi connectivity index (χ2v) is 7.49. The van der Waals surface area contributed by atoms with Crippen LogP contribution in [0.3, 0.4) is 0 Å². The standard InChI is InChI=1S/C24H27N3O4S/c1-4-19-21(23(29)30-3)22(26-24(32)27(19)5-2)16-11-13-17(14-12-16)25-20(28)15-31-18-9-7-6-8-10-18/h6-14,22H,4-5,15H2,1-3H3,(H,25,28)(H,26,32). The molecule has 1 amide bonds. The fraction of sp³-hybridized carbons (Fsp3) is 0.292. The van der Waals surface area contributed by atoms with Gasteiger partial charge in [0.05, 0.1) is 18.7 Å². The van der Waals surface area contributed by atoms with Crippen molar-refractivity contribution >= 4 is 34.9 Å². The third-order valence-corrected chi connectivity index (χ3v) is 5.47. The summed E-state index contributed by atoms with van der Waals surface area (Å²) in [5.41, 5.74) is 2.86. The lowest BCUT2D eigenvalue weighted by atomic mass is 9.93. The number of benzene rings is 2. The van der Waals surface area contributed by atoms with Gasteiger partial charge >= 0.3 is 5.97 Å². The van der Waals surface area contributed by atoms with Gasteiger partial charge in [-0.2, -0.15) is 0 Å². The predicted octanol–water partition coefficient (Wildman–Crippen LogP) is 3.79. The molecule has 168 valence electrons. The van der Waals surface area contributed by atoms with Crippen LogP contribution < -0.4 is 15.4 Å². The van der Waals surface area contributed by atoms with E-state index in [1.54, 1.807) is 24.3 Å². The minimum Gasteiger partial charge on any atom is -0.484 e. The van der Waals surface area contributed by atoms with Crippen molar-refractivity contribution in [2.24, 2.45) is 0 Å². The Bertz CT molecular complexity index is 1010. The highest BCUT2D eigenvalue weighted by atomic mass is 32.1. The van der Waals surface area contributed by atoms with E-state index in [0.29, 0.717) is 35.1 Å². The molecule has 1 heterocycles.